The molecule has 1 aromatic carbocycles. The summed E-state index contributed by atoms with van der Waals surface area (Å²) in [5, 5.41) is 9.24. The summed E-state index contributed by atoms with van der Waals surface area (Å²) in [6, 6.07) is 8.06. The number of hydrogen-bond acceptors (Lipinski definition) is 4. The first-order valence-electron chi connectivity index (χ1n) is 8.62. The molecular formula is C19H23FN2O3. The van der Waals surface area contributed by atoms with E-state index >= 15 is 0 Å². The average molecular weight is 346 g/mol. The van der Waals surface area contributed by atoms with Crippen molar-refractivity contribution in [2.24, 2.45) is 11.8 Å². The molecule has 1 saturated heterocycles. The van der Waals surface area contributed by atoms with Crippen molar-refractivity contribution in [3.63, 3.8) is 0 Å². The van der Waals surface area contributed by atoms with Crippen molar-refractivity contribution in [1.29, 1.82) is 5.26 Å². The molecule has 134 valence electrons. The van der Waals surface area contributed by atoms with E-state index < -0.39 is 5.92 Å². The number of amides is 1. The van der Waals surface area contributed by atoms with Crippen molar-refractivity contribution in [2.45, 2.75) is 32.6 Å². The number of piperidine rings is 1. The summed E-state index contributed by atoms with van der Waals surface area (Å²) in [5.74, 6) is -1.44. The van der Waals surface area contributed by atoms with Crippen LogP contribution in [-0.2, 0) is 20.7 Å². The first-order chi connectivity index (χ1) is 12.0. The van der Waals surface area contributed by atoms with Crippen molar-refractivity contribution in [1.82, 2.24) is 4.90 Å². The maximum absolute atomic E-state index is 12.9. The van der Waals surface area contributed by atoms with Crippen LogP contribution in [0.25, 0.3) is 0 Å². The van der Waals surface area contributed by atoms with Crippen LogP contribution in [0.4, 0.5) is 4.39 Å². The highest BCUT2D eigenvalue weighted by molar-refractivity contribution is 5.78. The van der Waals surface area contributed by atoms with Crippen LogP contribution < -0.4 is 0 Å². The fourth-order valence-electron chi connectivity index (χ4n) is 2.97. The standard InChI is InChI=1S/C19H23FN2O3/c1-2-18(23)22-9-3-4-16(12-22)19(24)25-13-15(11-21)10-14-5-7-17(20)8-6-14/h5-8,15-16H,2-4,9-10,12-13H2,1H3/t15-,16+/m0/s1. The second kappa shape index (κ2) is 9.16. The summed E-state index contributed by atoms with van der Waals surface area (Å²) in [7, 11) is 0. The van der Waals surface area contributed by atoms with Gasteiger partial charge < -0.3 is 9.64 Å². The molecule has 25 heavy (non-hydrogen) atoms. The molecule has 0 radical (unpaired) electrons. The molecule has 1 amide bonds. The lowest BCUT2D eigenvalue weighted by Gasteiger charge is -2.31. The number of halogens is 1. The van der Waals surface area contributed by atoms with Gasteiger partial charge in [0.2, 0.25) is 5.91 Å². The predicted molar refractivity (Wildman–Crippen MR) is 89.8 cm³/mol. The summed E-state index contributed by atoms with van der Waals surface area (Å²) in [6.07, 6.45) is 2.30. The zero-order valence-corrected chi connectivity index (χ0v) is 14.4. The normalized spacial score (nSPS) is 18.3. The third-order valence-electron chi connectivity index (χ3n) is 4.41. The molecule has 0 aliphatic carbocycles. The van der Waals surface area contributed by atoms with E-state index in [2.05, 4.69) is 6.07 Å². The van der Waals surface area contributed by atoms with Gasteiger partial charge in [0.15, 0.2) is 0 Å². The molecule has 5 nitrogen and oxygen atoms in total. The Bertz CT molecular complexity index is 639. The lowest BCUT2D eigenvalue weighted by Crippen LogP contribution is -2.42. The Morgan fingerprint density at radius 2 is 2.12 bits per heavy atom. The maximum atomic E-state index is 12.9. The quantitative estimate of drug-likeness (QED) is 0.743. The van der Waals surface area contributed by atoms with Gasteiger partial charge in [-0.1, -0.05) is 19.1 Å². The molecule has 1 aromatic rings. The fourth-order valence-corrected chi connectivity index (χ4v) is 2.97. The number of carbonyl (C=O) groups is 2. The minimum Gasteiger partial charge on any atom is -0.464 e. The molecule has 1 aliphatic rings. The van der Waals surface area contributed by atoms with Gasteiger partial charge in [-0.15, -0.1) is 0 Å². The van der Waals surface area contributed by atoms with Gasteiger partial charge in [-0.2, -0.15) is 5.26 Å². The average Bonchev–Trinajstić information content (AvgIpc) is 2.65. The Morgan fingerprint density at radius 3 is 2.76 bits per heavy atom. The number of likely N-dealkylation sites (tertiary alicyclic amines) is 1. The van der Waals surface area contributed by atoms with Gasteiger partial charge in [0, 0.05) is 19.5 Å². The van der Waals surface area contributed by atoms with Crippen LogP contribution in [0, 0.1) is 29.0 Å². The van der Waals surface area contributed by atoms with E-state index in [1.807, 2.05) is 0 Å². The minimum atomic E-state index is -0.480. The number of nitrogens with zero attached hydrogens (tertiary/aromatic N) is 2. The number of esters is 1. The molecule has 0 bridgehead atoms. The minimum absolute atomic E-state index is 0.00489. The number of carbonyl (C=O) groups excluding carboxylic acids is 2. The van der Waals surface area contributed by atoms with Crippen molar-refractivity contribution in [3.8, 4) is 6.07 Å². The van der Waals surface area contributed by atoms with Crippen molar-refractivity contribution >= 4 is 11.9 Å². The Kier molecular flexibility index (Phi) is 6.93. The van der Waals surface area contributed by atoms with Crippen LogP contribution in [-0.4, -0.2) is 36.5 Å². The van der Waals surface area contributed by atoms with Crippen molar-refractivity contribution in [3.05, 3.63) is 35.6 Å². The van der Waals surface area contributed by atoms with Gasteiger partial charge in [0.25, 0.3) is 0 Å². The van der Waals surface area contributed by atoms with E-state index in [9.17, 15) is 19.2 Å². The van der Waals surface area contributed by atoms with Crippen LogP contribution in [0.3, 0.4) is 0 Å². The van der Waals surface area contributed by atoms with Gasteiger partial charge in [-0.05, 0) is 37.0 Å². The van der Waals surface area contributed by atoms with Crippen molar-refractivity contribution in [2.75, 3.05) is 19.7 Å². The molecule has 6 heteroatoms. The van der Waals surface area contributed by atoms with Gasteiger partial charge in [0.1, 0.15) is 12.4 Å². The monoisotopic (exact) mass is 346 g/mol. The topological polar surface area (TPSA) is 70.4 Å². The molecule has 0 unspecified atom stereocenters. The molecular weight excluding hydrogens is 323 g/mol. The van der Waals surface area contributed by atoms with E-state index in [-0.39, 0.29) is 30.2 Å². The largest absolute Gasteiger partial charge is 0.464 e. The Labute approximate surface area is 147 Å². The van der Waals surface area contributed by atoms with Crippen LogP contribution in [0.2, 0.25) is 0 Å². The van der Waals surface area contributed by atoms with Crippen LogP contribution in [0.1, 0.15) is 31.7 Å². The van der Waals surface area contributed by atoms with Gasteiger partial charge in [-0.25, -0.2) is 4.39 Å². The highest BCUT2D eigenvalue weighted by atomic mass is 19.1. The number of ether oxygens (including phenoxy) is 1. The summed E-state index contributed by atoms with van der Waals surface area (Å²) in [5.41, 5.74) is 0.821. The summed E-state index contributed by atoms with van der Waals surface area (Å²) in [4.78, 5) is 25.7. The molecule has 2 rings (SSSR count). The van der Waals surface area contributed by atoms with Crippen LogP contribution >= 0.6 is 0 Å². The molecule has 1 aliphatic heterocycles. The first kappa shape index (κ1) is 18.9. The lowest BCUT2D eigenvalue weighted by atomic mass is 9.97. The molecule has 0 N–H and O–H groups in total. The molecule has 0 spiro atoms. The molecule has 0 saturated carbocycles. The van der Waals surface area contributed by atoms with Gasteiger partial charge >= 0.3 is 5.97 Å². The Morgan fingerprint density at radius 1 is 1.40 bits per heavy atom. The highest BCUT2D eigenvalue weighted by Gasteiger charge is 2.29. The molecule has 1 heterocycles. The maximum Gasteiger partial charge on any atom is 0.310 e. The number of benzene rings is 1. The van der Waals surface area contributed by atoms with E-state index in [1.165, 1.54) is 12.1 Å². The second-order valence-electron chi connectivity index (χ2n) is 6.32. The smallest absolute Gasteiger partial charge is 0.310 e. The molecule has 0 aromatic heterocycles. The Balaban J connectivity index is 1.84. The van der Waals surface area contributed by atoms with Crippen molar-refractivity contribution < 1.29 is 18.7 Å². The van der Waals surface area contributed by atoms with E-state index in [0.29, 0.717) is 32.4 Å². The van der Waals surface area contributed by atoms with Crippen LogP contribution in [0.15, 0.2) is 24.3 Å². The predicted octanol–water partition coefficient (Wildman–Crippen LogP) is 2.70. The van der Waals surface area contributed by atoms with E-state index in [4.69, 9.17) is 4.74 Å². The highest BCUT2D eigenvalue weighted by Crippen LogP contribution is 2.19. The SMILES string of the molecule is CCC(=O)N1CCC[C@@H](C(=O)OC[C@H](C#N)Cc2ccc(F)cc2)C1. The zero-order valence-electron chi connectivity index (χ0n) is 14.4. The summed E-state index contributed by atoms with van der Waals surface area (Å²) in [6.45, 7) is 2.88. The summed E-state index contributed by atoms with van der Waals surface area (Å²) >= 11 is 0. The lowest BCUT2D eigenvalue weighted by molar-refractivity contribution is -0.152. The molecule has 2 atom stereocenters. The number of rotatable bonds is 6. The van der Waals surface area contributed by atoms with E-state index in [1.54, 1.807) is 24.0 Å². The zero-order chi connectivity index (χ0) is 18.2. The van der Waals surface area contributed by atoms with Gasteiger partial charge in [-0.3, -0.25) is 9.59 Å². The number of nitriles is 1. The number of hydrogen-bond donors (Lipinski definition) is 0. The second-order valence-corrected chi connectivity index (χ2v) is 6.32. The third-order valence-corrected chi connectivity index (χ3v) is 4.41. The first-order valence-corrected chi connectivity index (χ1v) is 8.62. The summed E-state index contributed by atoms with van der Waals surface area (Å²) < 4.78 is 18.2. The van der Waals surface area contributed by atoms with E-state index in [0.717, 1.165) is 12.0 Å². The van der Waals surface area contributed by atoms with Crippen LogP contribution in [0.5, 0.6) is 0 Å². The fraction of sp³-hybridized carbons (Fsp3) is 0.526. The van der Waals surface area contributed by atoms with Gasteiger partial charge in [0.05, 0.1) is 17.9 Å². The Hall–Kier alpha value is -2.42. The third kappa shape index (κ3) is 5.56. The molecule has 1 fully saturated rings.